The first-order valence-electron chi connectivity index (χ1n) is 7.23. The summed E-state index contributed by atoms with van der Waals surface area (Å²) in [6.07, 6.45) is 1.94. The summed E-state index contributed by atoms with van der Waals surface area (Å²) in [4.78, 5) is 26.8. The third kappa shape index (κ3) is 4.37. The Labute approximate surface area is 145 Å². The van der Waals surface area contributed by atoms with E-state index in [9.17, 15) is 9.59 Å². The normalized spacial score (nSPS) is 9.88. The van der Waals surface area contributed by atoms with E-state index in [0.29, 0.717) is 11.1 Å². The molecule has 0 aliphatic heterocycles. The highest BCUT2D eigenvalue weighted by atomic mass is 32.2. The number of hydrogen-bond donors (Lipinski definition) is 1. The highest BCUT2D eigenvalue weighted by molar-refractivity contribution is 7.98. The highest BCUT2D eigenvalue weighted by Crippen LogP contribution is 2.24. The third-order valence-corrected chi connectivity index (χ3v) is 4.17. The zero-order valence-electron chi connectivity index (χ0n) is 13.4. The van der Waals surface area contributed by atoms with Crippen molar-refractivity contribution in [2.75, 3.05) is 25.2 Å². The first-order valence-corrected chi connectivity index (χ1v) is 8.46. The van der Waals surface area contributed by atoms with Crippen LogP contribution in [0.4, 0.5) is 5.69 Å². The summed E-state index contributed by atoms with van der Waals surface area (Å²) in [6, 6.07) is 15.8. The molecule has 2 rings (SSSR count). The number of hydrogen-bond acceptors (Lipinski definition) is 4. The molecule has 2 aromatic rings. The maximum Gasteiger partial charge on any atom is 0.254 e. The van der Waals surface area contributed by atoms with E-state index in [0.717, 1.165) is 10.6 Å². The number of anilines is 1. The Bertz CT molecular complexity index is 782. The van der Waals surface area contributed by atoms with Gasteiger partial charge in [0.15, 0.2) is 0 Å². The number of para-hydroxylation sites is 1. The number of nitrogens with zero attached hydrogens (tertiary/aromatic N) is 2. The van der Waals surface area contributed by atoms with Crippen molar-refractivity contribution in [3.8, 4) is 6.07 Å². The van der Waals surface area contributed by atoms with E-state index in [1.54, 1.807) is 43.1 Å². The Kier molecular flexibility index (Phi) is 5.99. The molecule has 0 atom stereocenters. The number of nitriles is 1. The largest absolute Gasteiger partial charge is 0.332 e. The number of carbonyl (C=O) groups excluding carboxylic acids is 2. The van der Waals surface area contributed by atoms with E-state index >= 15 is 0 Å². The standard InChI is InChI=1S/C18H17N3O2S/c1-21(18(23)14-9-7-13(11-19)8-10-14)12-17(22)20-15-5-3-4-6-16(15)24-2/h3-10H,12H2,1-2H3,(H,20,22). The van der Waals surface area contributed by atoms with Crippen molar-refractivity contribution >= 4 is 29.3 Å². The average molecular weight is 339 g/mol. The van der Waals surface area contributed by atoms with Gasteiger partial charge in [0.1, 0.15) is 0 Å². The summed E-state index contributed by atoms with van der Waals surface area (Å²) in [5, 5.41) is 11.6. The lowest BCUT2D eigenvalue weighted by Gasteiger charge is -2.17. The predicted molar refractivity (Wildman–Crippen MR) is 95.0 cm³/mol. The van der Waals surface area contributed by atoms with Crippen molar-refractivity contribution in [2.45, 2.75) is 4.90 Å². The average Bonchev–Trinajstić information content (AvgIpc) is 2.61. The number of carbonyl (C=O) groups is 2. The molecular formula is C18H17N3O2S. The Morgan fingerprint density at radius 1 is 1.17 bits per heavy atom. The molecule has 24 heavy (non-hydrogen) atoms. The van der Waals surface area contributed by atoms with Gasteiger partial charge in [-0.2, -0.15) is 5.26 Å². The minimum absolute atomic E-state index is 0.0540. The molecule has 0 aromatic heterocycles. The molecule has 0 saturated carbocycles. The van der Waals surface area contributed by atoms with E-state index in [2.05, 4.69) is 5.32 Å². The Hall–Kier alpha value is -2.78. The van der Waals surface area contributed by atoms with E-state index < -0.39 is 0 Å². The van der Waals surface area contributed by atoms with Crippen molar-refractivity contribution in [2.24, 2.45) is 0 Å². The summed E-state index contributed by atoms with van der Waals surface area (Å²) in [6.45, 7) is -0.0540. The van der Waals surface area contributed by atoms with E-state index in [1.807, 2.05) is 36.6 Å². The second kappa shape index (κ2) is 8.18. The second-order valence-corrected chi connectivity index (χ2v) is 5.95. The third-order valence-electron chi connectivity index (χ3n) is 3.37. The Morgan fingerprint density at radius 3 is 2.46 bits per heavy atom. The van der Waals surface area contributed by atoms with Gasteiger partial charge in [-0.1, -0.05) is 12.1 Å². The number of amides is 2. The molecule has 0 unspecified atom stereocenters. The van der Waals surface area contributed by atoms with Gasteiger partial charge in [-0.15, -0.1) is 11.8 Å². The molecule has 0 spiro atoms. The van der Waals surface area contributed by atoms with Crippen LogP contribution in [0.3, 0.4) is 0 Å². The lowest BCUT2D eigenvalue weighted by Crippen LogP contribution is -2.35. The first-order chi connectivity index (χ1) is 11.5. The highest BCUT2D eigenvalue weighted by Gasteiger charge is 2.15. The number of likely N-dealkylation sites (N-methyl/N-ethyl adjacent to an activating group) is 1. The molecule has 0 heterocycles. The summed E-state index contributed by atoms with van der Waals surface area (Å²) >= 11 is 1.54. The second-order valence-electron chi connectivity index (χ2n) is 5.10. The van der Waals surface area contributed by atoms with Gasteiger partial charge in [0.2, 0.25) is 5.91 Å². The molecule has 122 valence electrons. The molecule has 0 radical (unpaired) electrons. The molecule has 6 heteroatoms. The van der Waals surface area contributed by atoms with Gasteiger partial charge < -0.3 is 10.2 Å². The van der Waals surface area contributed by atoms with Crippen LogP contribution in [-0.4, -0.2) is 36.6 Å². The van der Waals surface area contributed by atoms with E-state index in [-0.39, 0.29) is 18.4 Å². The molecule has 5 nitrogen and oxygen atoms in total. The van der Waals surface area contributed by atoms with Crippen LogP contribution < -0.4 is 5.32 Å². The van der Waals surface area contributed by atoms with Crippen LogP contribution in [0.2, 0.25) is 0 Å². The van der Waals surface area contributed by atoms with Gasteiger partial charge in [-0.3, -0.25) is 9.59 Å². The fraction of sp³-hybridized carbons (Fsp3) is 0.167. The lowest BCUT2D eigenvalue weighted by molar-refractivity contribution is -0.116. The summed E-state index contributed by atoms with van der Waals surface area (Å²) in [5.41, 5.74) is 1.66. The maximum absolute atomic E-state index is 12.3. The number of thioether (sulfide) groups is 1. The summed E-state index contributed by atoms with van der Waals surface area (Å²) in [7, 11) is 1.57. The number of nitrogens with one attached hydrogen (secondary N) is 1. The minimum atomic E-state index is -0.271. The predicted octanol–water partition coefficient (Wildman–Crippen LogP) is 2.99. The van der Waals surface area contributed by atoms with E-state index in [4.69, 9.17) is 5.26 Å². The van der Waals surface area contributed by atoms with Crippen molar-refractivity contribution in [1.82, 2.24) is 4.90 Å². The van der Waals surface area contributed by atoms with Gasteiger partial charge in [0.25, 0.3) is 5.91 Å². The maximum atomic E-state index is 12.3. The molecule has 0 saturated heterocycles. The van der Waals surface area contributed by atoms with Crippen LogP contribution in [-0.2, 0) is 4.79 Å². The van der Waals surface area contributed by atoms with Crippen LogP contribution in [0, 0.1) is 11.3 Å². The fourth-order valence-corrected chi connectivity index (χ4v) is 2.69. The molecule has 2 amide bonds. The molecule has 0 bridgehead atoms. The van der Waals surface area contributed by atoms with Gasteiger partial charge in [-0.25, -0.2) is 0 Å². The smallest absolute Gasteiger partial charge is 0.254 e. The van der Waals surface area contributed by atoms with Crippen LogP contribution in [0.15, 0.2) is 53.4 Å². The molecular weight excluding hydrogens is 322 g/mol. The van der Waals surface area contributed by atoms with E-state index in [1.165, 1.54) is 4.90 Å². The van der Waals surface area contributed by atoms with Crippen molar-refractivity contribution in [1.29, 1.82) is 5.26 Å². The molecule has 1 N–H and O–H groups in total. The molecule has 2 aromatic carbocycles. The van der Waals surface area contributed by atoms with Crippen molar-refractivity contribution in [3.05, 3.63) is 59.7 Å². The lowest BCUT2D eigenvalue weighted by atomic mass is 10.1. The van der Waals surface area contributed by atoms with Crippen LogP contribution in [0.1, 0.15) is 15.9 Å². The van der Waals surface area contributed by atoms with Crippen LogP contribution in [0.25, 0.3) is 0 Å². The molecule has 0 fully saturated rings. The minimum Gasteiger partial charge on any atom is -0.332 e. The quantitative estimate of drug-likeness (QED) is 0.850. The summed E-state index contributed by atoms with van der Waals surface area (Å²) in [5.74, 6) is -0.534. The van der Waals surface area contributed by atoms with Gasteiger partial charge in [0.05, 0.1) is 23.9 Å². The Balaban J connectivity index is 2.00. The zero-order valence-corrected chi connectivity index (χ0v) is 14.3. The van der Waals surface area contributed by atoms with Crippen molar-refractivity contribution in [3.63, 3.8) is 0 Å². The zero-order chi connectivity index (χ0) is 17.5. The van der Waals surface area contributed by atoms with Crippen LogP contribution >= 0.6 is 11.8 Å². The first kappa shape index (κ1) is 17.6. The van der Waals surface area contributed by atoms with Gasteiger partial charge in [-0.05, 0) is 42.7 Å². The molecule has 0 aliphatic carbocycles. The summed E-state index contributed by atoms with van der Waals surface area (Å²) < 4.78 is 0. The monoisotopic (exact) mass is 339 g/mol. The topological polar surface area (TPSA) is 73.2 Å². The Morgan fingerprint density at radius 2 is 1.83 bits per heavy atom. The number of rotatable bonds is 5. The van der Waals surface area contributed by atoms with Gasteiger partial charge in [0, 0.05) is 17.5 Å². The van der Waals surface area contributed by atoms with Crippen molar-refractivity contribution < 1.29 is 9.59 Å². The van der Waals surface area contributed by atoms with Crippen LogP contribution in [0.5, 0.6) is 0 Å². The SMILES string of the molecule is CSc1ccccc1NC(=O)CN(C)C(=O)c1ccc(C#N)cc1. The molecule has 0 aliphatic rings. The fourth-order valence-electron chi connectivity index (χ4n) is 2.13. The van der Waals surface area contributed by atoms with Gasteiger partial charge >= 0.3 is 0 Å². The number of benzene rings is 2.